The molecule has 5 heteroatoms. The van der Waals surface area contributed by atoms with Crippen LogP contribution in [0.3, 0.4) is 0 Å². The van der Waals surface area contributed by atoms with Crippen LogP contribution in [-0.2, 0) is 6.42 Å². The van der Waals surface area contributed by atoms with Crippen molar-refractivity contribution in [1.82, 2.24) is 10.3 Å². The van der Waals surface area contributed by atoms with E-state index < -0.39 is 0 Å². The first-order valence-corrected chi connectivity index (χ1v) is 7.54. The lowest BCUT2D eigenvalue weighted by atomic mass is 9.94. The highest BCUT2D eigenvalue weighted by molar-refractivity contribution is 5.85. The number of halogens is 2. The Morgan fingerprint density at radius 1 is 1.13 bits per heavy atom. The van der Waals surface area contributed by atoms with E-state index in [1.165, 1.54) is 19.2 Å². The van der Waals surface area contributed by atoms with Gasteiger partial charge in [-0.25, -0.2) is 8.78 Å². The molecule has 0 saturated carbocycles. The van der Waals surface area contributed by atoms with E-state index in [-0.39, 0.29) is 23.4 Å². The zero-order valence-corrected chi connectivity index (χ0v) is 12.6. The Kier molecular flexibility index (Phi) is 3.31. The van der Waals surface area contributed by atoms with Crippen molar-refractivity contribution in [2.75, 3.05) is 13.7 Å². The zero-order valence-electron chi connectivity index (χ0n) is 12.6. The van der Waals surface area contributed by atoms with Crippen LogP contribution >= 0.6 is 0 Å². The average Bonchev–Trinajstić information content (AvgIpc) is 2.92. The second-order valence-corrected chi connectivity index (χ2v) is 5.74. The molecule has 2 heterocycles. The first-order valence-electron chi connectivity index (χ1n) is 7.54. The molecule has 23 heavy (non-hydrogen) atoms. The Bertz CT molecular complexity index is 888. The minimum Gasteiger partial charge on any atom is -0.494 e. The Morgan fingerprint density at radius 3 is 2.78 bits per heavy atom. The third-order valence-electron chi connectivity index (χ3n) is 4.42. The summed E-state index contributed by atoms with van der Waals surface area (Å²) in [6, 6.07) is 9.56. The maximum Gasteiger partial charge on any atom is 0.165 e. The number of fused-ring (bicyclic) bond motifs is 3. The average molecular weight is 314 g/mol. The third-order valence-corrected chi connectivity index (χ3v) is 4.42. The molecule has 1 aromatic heterocycles. The number of benzene rings is 2. The molecule has 118 valence electrons. The first-order chi connectivity index (χ1) is 11.2. The topological polar surface area (TPSA) is 37.0 Å². The van der Waals surface area contributed by atoms with Gasteiger partial charge in [0.25, 0.3) is 0 Å². The molecule has 3 aromatic rings. The van der Waals surface area contributed by atoms with Gasteiger partial charge in [0.15, 0.2) is 11.6 Å². The van der Waals surface area contributed by atoms with Crippen LogP contribution in [0.1, 0.15) is 22.9 Å². The highest BCUT2D eigenvalue weighted by Gasteiger charge is 2.26. The quantitative estimate of drug-likeness (QED) is 0.757. The summed E-state index contributed by atoms with van der Waals surface area (Å²) in [6.07, 6.45) is 0.813. The molecule has 0 bridgehead atoms. The van der Waals surface area contributed by atoms with Crippen molar-refractivity contribution in [3.63, 3.8) is 0 Å². The van der Waals surface area contributed by atoms with Gasteiger partial charge in [-0.3, -0.25) is 0 Å². The molecule has 1 aliphatic heterocycles. The molecule has 0 aliphatic carbocycles. The molecule has 1 aliphatic rings. The van der Waals surface area contributed by atoms with Gasteiger partial charge in [0, 0.05) is 23.1 Å². The number of nitrogens with one attached hydrogen (secondary N) is 2. The largest absolute Gasteiger partial charge is 0.494 e. The van der Waals surface area contributed by atoms with Crippen LogP contribution in [0, 0.1) is 11.6 Å². The van der Waals surface area contributed by atoms with E-state index in [1.54, 1.807) is 18.2 Å². The van der Waals surface area contributed by atoms with Crippen LogP contribution < -0.4 is 10.1 Å². The fourth-order valence-corrected chi connectivity index (χ4v) is 3.35. The molecule has 0 amide bonds. The van der Waals surface area contributed by atoms with E-state index >= 15 is 0 Å². The molecule has 2 aromatic carbocycles. The summed E-state index contributed by atoms with van der Waals surface area (Å²) < 4.78 is 32.5. The number of hydrogen-bond acceptors (Lipinski definition) is 2. The summed E-state index contributed by atoms with van der Waals surface area (Å²) in [6.45, 7) is 0.759. The number of methoxy groups -OCH3 is 1. The van der Waals surface area contributed by atoms with E-state index in [0.717, 1.165) is 40.7 Å². The van der Waals surface area contributed by atoms with Crippen molar-refractivity contribution in [1.29, 1.82) is 0 Å². The highest BCUT2D eigenvalue weighted by atomic mass is 19.1. The van der Waals surface area contributed by atoms with Crippen LogP contribution in [0.25, 0.3) is 10.9 Å². The predicted molar refractivity (Wildman–Crippen MR) is 84.8 cm³/mol. The second kappa shape index (κ2) is 5.35. The van der Waals surface area contributed by atoms with E-state index in [2.05, 4.69) is 10.3 Å². The summed E-state index contributed by atoms with van der Waals surface area (Å²) in [5.41, 5.74) is 3.79. The minimum absolute atomic E-state index is 0.144. The second-order valence-electron chi connectivity index (χ2n) is 5.74. The highest BCUT2D eigenvalue weighted by Crippen LogP contribution is 2.34. The zero-order chi connectivity index (χ0) is 16.0. The Hall–Kier alpha value is -2.40. The summed E-state index contributed by atoms with van der Waals surface area (Å²) in [4.78, 5) is 3.36. The van der Waals surface area contributed by atoms with Crippen LogP contribution in [0.4, 0.5) is 8.78 Å². The number of H-pyrrole nitrogens is 1. The maximum absolute atomic E-state index is 14.0. The first kappa shape index (κ1) is 14.2. The lowest BCUT2D eigenvalue weighted by Gasteiger charge is -2.25. The Balaban J connectivity index is 1.84. The summed E-state index contributed by atoms with van der Waals surface area (Å²) >= 11 is 0. The Morgan fingerprint density at radius 2 is 2.00 bits per heavy atom. The van der Waals surface area contributed by atoms with Crippen LogP contribution in [-0.4, -0.2) is 18.6 Å². The molecular weight excluding hydrogens is 298 g/mol. The molecule has 1 atom stereocenters. The van der Waals surface area contributed by atoms with E-state index in [4.69, 9.17) is 4.74 Å². The molecule has 1 unspecified atom stereocenters. The number of rotatable bonds is 2. The lowest BCUT2D eigenvalue weighted by Crippen LogP contribution is -2.30. The van der Waals surface area contributed by atoms with Crippen LogP contribution in [0.5, 0.6) is 5.75 Å². The third kappa shape index (κ3) is 2.28. The summed E-state index contributed by atoms with van der Waals surface area (Å²) in [5, 5.41) is 4.30. The van der Waals surface area contributed by atoms with Gasteiger partial charge >= 0.3 is 0 Å². The summed E-state index contributed by atoms with van der Waals surface area (Å²) in [5.74, 6) is -0.408. The molecule has 0 radical (unpaired) electrons. The standard InChI is InChI=1S/C18H16F2N2O/c1-23-16-5-2-10(8-14(16)20)17-18-12(6-7-21-17)13-9-11(19)3-4-15(13)22-18/h2-5,8-9,17,21-22H,6-7H2,1H3. The molecular formula is C18H16F2N2O. The van der Waals surface area contributed by atoms with Crippen LogP contribution in [0.15, 0.2) is 36.4 Å². The fraction of sp³-hybridized carbons (Fsp3) is 0.222. The SMILES string of the molecule is COc1ccc(C2NCCc3c2[nH]c2ccc(F)cc32)cc1F. The van der Waals surface area contributed by atoms with E-state index in [9.17, 15) is 8.78 Å². The van der Waals surface area contributed by atoms with Crippen molar-refractivity contribution in [3.05, 3.63) is 64.9 Å². The van der Waals surface area contributed by atoms with Crippen molar-refractivity contribution < 1.29 is 13.5 Å². The van der Waals surface area contributed by atoms with Gasteiger partial charge in [0.1, 0.15) is 5.82 Å². The number of hydrogen-bond donors (Lipinski definition) is 2. The fourth-order valence-electron chi connectivity index (χ4n) is 3.35. The number of ether oxygens (including phenoxy) is 1. The minimum atomic E-state index is -0.388. The molecule has 0 saturated heterocycles. The molecule has 4 rings (SSSR count). The summed E-state index contributed by atoms with van der Waals surface area (Å²) in [7, 11) is 1.45. The van der Waals surface area contributed by atoms with Crippen molar-refractivity contribution in [3.8, 4) is 5.75 Å². The van der Waals surface area contributed by atoms with Gasteiger partial charge in [-0.1, -0.05) is 6.07 Å². The smallest absolute Gasteiger partial charge is 0.165 e. The van der Waals surface area contributed by atoms with E-state index in [0.29, 0.717) is 0 Å². The molecule has 3 nitrogen and oxygen atoms in total. The van der Waals surface area contributed by atoms with Crippen molar-refractivity contribution >= 4 is 10.9 Å². The molecule has 2 N–H and O–H groups in total. The van der Waals surface area contributed by atoms with Crippen LogP contribution in [0.2, 0.25) is 0 Å². The van der Waals surface area contributed by atoms with Gasteiger partial charge < -0.3 is 15.0 Å². The van der Waals surface area contributed by atoms with Gasteiger partial charge in [-0.05, 0) is 47.9 Å². The molecule has 0 fully saturated rings. The lowest BCUT2D eigenvalue weighted by molar-refractivity contribution is 0.385. The van der Waals surface area contributed by atoms with Gasteiger partial charge in [0.2, 0.25) is 0 Å². The molecule has 0 spiro atoms. The monoisotopic (exact) mass is 314 g/mol. The predicted octanol–water partition coefficient (Wildman–Crippen LogP) is 3.69. The number of aromatic nitrogens is 1. The normalized spacial score (nSPS) is 17.3. The maximum atomic E-state index is 14.0. The van der Waals surface area contributed by atoms with Gasteiger partial charge in [-0.15, -0.1) is 0 Å². The van der Waals surface area contributed by atoms with Gasteiger partial charge in [-0.2, -0.15) is 0 Å². The number of aromatic amines is 1. The Labute approximate surface area is 132 Å². The van der Waals surface area contributed by atoms with Crippen molar-refractivity contribution in [2.45, 2.75) is 12.5 Å². The van der Waals surface area contributed by atoms with Gasteiger partial charge in [0.05, 0.1) is 13.2 Å². The van der Waals surface area contributed by atoms with E-state index in [1.807, 2.05) is 6.07 Å². The van der Waals surface area contributed by atoms with Crippen molar-refractivity contribution in [2.24, 2.45) is 0 Å².